The predicted octanol–water partition coefficient (Wildman–Crippen LogP) is 1.25. The second-order valence-electron chi connectivity index (χ2n) is 3.82. The summed E-state index contributed by atoms with van der Waals surface area (Å²) in [5, 5.41) is 0. The summed E-state index contributed by atoms with van der Waals surface area (Å²) in [4.78, 5) is 3.99. The van der Waals surface area contributed by atoms with Crippen LogP contribution < -0.4 is 4.72 Å². The lowest BCUT2D eigenvalue weighted by Gasteiger charge is -2.11. The largest absolute Gasteiger partial charge is 0.264 e. The number of rotatable bonds is 4. The highest BCUT2D eigenvalue weighted by Crippen LogP contribution is 2.17. The van der Waals surface area contributed by atoms with E-state index in [1.54, 1.807) is 12.4 Å². The van der Waals surface area contributed by atoms with Gasteiger partial charge in [0.05, 0.1) is 6.26 Å². The molecule has 0 fully saturated rings. The van der Waals surface area contributed by atoms with Gasteiger partial charge in [-0.25, -0.2) is 13.1 Å². The van der Waals surface area contributed by atoms with Crippen LogP contribution in [0.25, 0.3) is 0 Å². The zero-order chi connectivity index (χ0) is 11.5. The molecule has 5 heteroatoms. The molecule has 1 rings (SSSR count). The molecular weight excluding hydrogens is 212 g/mol. The Balaban J connectivity index is 2.85. The minimum Gasteiger partial charge on any atom is -0.264 e. The summed E-state index contributed by atoms with van der Waals surface area (Å²) >= 11 is 0. The van der Waals surface area contributed by atoms with Gasteiger partial charge < -0.3 is 0 Å². The minimum absolute atomic E-state index is 0.306. The average Bonchev–Trinajstić information content (AvgIpc) is 2.14. The summed E-state index contributed by atoms with van der Waals surface area (Å²) in [6.45, 7) is 4.44. The second-order valence-corrected chi connectivity index (χ2v) is 5.66. The van der Waals surface area contributed by atoms with Crippen molar-refractivity contribution < 1.29 is 8.42 Å². The van der Waals surface area contributed by atoms with Gasteiger partial charge in [0.2, 0.25) is 10.0 Å². The molecule has 1 heterocycles. The summed E-state index contributed by atoms with van der Waals surface area (Å²) in [5.74, 6) is 0.365. The maximum absolute atomic E-state index is 11.0. The van der Waals surface area contributed by atoms with Gasteiger partial charge in [-0.05, 0) is 23.1 Å². The molecule has 84 valence electrons. The molecule has 0 saturated carbocycles. The van der Waals surface area contributed by atoms with Crippen molar-refractivity contribution in [1.29, 1.82) is 0 Å². The molecule has 0 aliphatic heterocycles. The summed E-state index contributed by atoms with van der Waals surface area (Å²) in [5.41, 5.74) is 2.05. The molecule has 0 unspecified atom stereocenters. The fourth-order valence-corrected chi connectivity index (χ4v) is 1.78. The van der Waals surface area contributed by atoms with Crippen LogP contribution in [0.3, 0.4) is 0 Å². The standard InChI is InChI=1S/C10H16N2O2S/c1-8(2)10-4-5-11-6-9(10)7-12-15(3,13)14/h4-6,8,12H,7H2,1-3H3. The number of pyridine rings is 1. The third-order valence-electron chi connectivity index (χ3n) is 2.09. The lowest BCUT2D eigenvalue weighted by Crippen LogP contribution is -2.22. The fourth-order valence-electron chi connectivity index (χ4n) is 1.36. The van der Waals surface area contributed by atoms with Gasteiger partial charge in [-0.1, -0.05) is 13.8 Å². The number of nitrogens with one attached hydrogen (secondary N) is 1. The summed E-state index contributed by atoms with van der Waals surface area (Å²) in [7, 11) is -3.14. The van der Waals surface area contributed by atoms with E-state index >= 15 is 0 Å². The normalized spacial score (nSPS) is 12.0. The highest BCUT2D eigenvalue weighted by molar-refractivity contribution is 7.88. The first kappa shape index (κ1) is 12.1. The van der Waals surface area contributed by atoms with E-state index in [0.717, 1.165) is 17.4 Å². The van der Waals surface area contributed by atoms with Crippen molar-refractivity contribution in [3.8, 4) is 0 Å². The molecule has 15 heavy (non-hydrogen) atoms. The van der Waals surface area contributed by atoms with Crippen molar-refractivity contribution in [1.82, 2.24) is 9.71 Å². The van der Waals surface area contributed by atoms with E-state index in [-0.39, 0.29) is 0 Å². The van der Waals surface area contributed by atoms with E-state index in [4.69, 9.17) is 0 Å². The van der Waals surface area contributed by atoms with Crippen molar-refractivity contribution in [3.05, 3.63) is 29.6 Å². The summed E-state index contributed by atoms with van der Waals surface area (Å²) in [6.07, 6.45) is 4.57. The third kappa shape index (κ3) is 3.97. The van der Waals surface area contributed by atoms with E-state index in [9.17, 15) is 8.42 Å². The Morgan fingerprint density at radius 1 is 1.47 bits per heavy atom. The first-order valence-corrected chi connectivity index (χ1v) is 6.66. The molecular formula is C10H16N2O2S. The number of hydrogen-bond acceptors (Lipinski definition) is 3. The van der Waals surface area contributed by atoms with Gasteiger partial charge in [0.15, 0.2) is 0 Å². The number of hydrogen-bond donors (Lipinski definition) is 1. The molecule has 0 aromatic carbocycles. The number of nitrogens with zero attached hydrogens (tertiary/aromatic N) is 1. The maximum atomic E-state index is 11.0. The Morgan fingerprint density at radius 3 is 2.67 bits per heavy atom. The minimum atomic E-state index is -3.14. The van der Waals surface area contributed by atoms with Gasteiger partial charge in [-0.3, -0.25) is 4.98 Å². The van der Waals surface area contributed by atoms with Gasteiger partial charge in [-0.2, -0.15) is 0 Å². The number of aromatic nitrogens is 1. The Kier molecular flexibility index (Phi) is 3.82. The molecule has 1 aromatic rings. The first-order valence-electron chi connectivity index (χ1n) is 4.77. The Hall–Kier alpha value is -0.940. The van der Waals surface area contributed by atoms with Gasteiger partial charge >= 0.3 is 0 Å². The van der Waals surface area contributed by atoms with Crippen LogP contribution in [0.5, 0.6) is 0 Å². The number of sulfonamides is 1. The van der Waals surface area contributed by atoms with Crippen molar-refractivity contribution in [2.24, 2.45) is 0 Å². The van der Waals surface area contributed by atoms with Gasteiger partial charge in [0.25, 0.3) is 0 Å². The van der Waals surface area contributed by atoms with E-state index in [2.05, 4.69) is 23.6 Å². The Bertz CT molecular complexity index is 427. The van der Waals surface area contributed by atoms with E-state index < -0.39 is 10.0 Å². The topological polar surface area (TPSA) is 59.1 Å². The van der Waals surface area contributed by atoms with Gasteiger partial charge in [-0.15, -0.1) is 0 Å². The molecule has 0 aliphatic carbocycles. The maximum Gasteiger partial charge on any atom is 0.209 e. The zero-order valence-corrected chi connectivity index (χ0v) is 10.0. The van der Waals surface area contributed by atoms with Crippen LogP contribution >= 0.6 is 0 Å². The van der Waals surface area contributed by atoms with Crippen molar-refractivity contribution >= 4 is 10.0 Å². The lowest BCUT2D eigenvalue weighted by atomic mass is 10.00. The molecule has 0 amide bonds. The highest BCUT2D eigenvalue weighted by Gasteiger charge is 2.08. The zero-order valence-electron chi connectivity index (χ0n) is 9.19. The SMILES string of the molecule is CC(C)c1ccncc1CNS(C)(=O)=O. The molecule has 0 radical (unpaired) electrons. The van der Waals surface area contributed by atoms with Crippen molar-refractivity contribution in [2.45, 2.75) is 26.3 Å². The summed E-state index contributed by atoms with van der Waals surface area (Å²) < 4.78 is 24.4. The van der Waals surface area contributed by atoms with Crippen LogP contribution in [0, 0.1) is 0 Å². The summed E-state index contributed by atoms with van der Waals surface area (Å²) in [6, 6.07) is 1.92. The first-order chi connectivity index (χ1) is 6.90. The molecule has 0 saturated heterocycles. The highest BCUT2D eigenvalue weighted by atomic mass is 32.2. The molecule has 1 aromatic heterocycles. The lowest BCUT2D eigenvalue weighted by molar-refractivity contribution is 0.587. The van der Waals surface area contributed by atoms with Crippen LogP contribution in [0.4, 0.5) is 0 Å². The molecule has 0 aliphatic rings. The molecule has 0 atom stereocenters. The van der Waals surface area contributed by atoms with Crippen LogP contribution in [0.15, 0.2) is 18.5 Å². The Morgan fingerprint density at radius 2 is 2.13 bits per heavy atom. The van der Waals surface area contributed by atoms with E-state index in [1.807, 2.05) is 6.07 Å². The van der Waals surface area contributed by atoms with Crippen LogP contribution in [0.2, 0.25) is 0 Å². The molecule has 1 N–H and O–H groups in total. The Labute approximate surface area is 90.8 Å². The van der Waals surface area contributed by atoms with Crippen molar-refractivity contribution in [2.75, 3.05) is 6.26 Å². The van der Waals surface area contributed by atoms with Crippen molar-refractivity contribution in [3.63, 3.8) is 0 Å². The third-order valence-corrected chi connectivity index (χ3v) is 2.76. The smallest absolute Gasteiger partial charge is 0.209 e. The van der Waals surface area contributed by atoms with Crippen LogP contribution in [-0.4, -0.2) is 19.7 Å². The monoisotopic (exact) mass is 228 g/mol. The van der Waals surface area contributed by atoms with Crippen LogP contribution in [0.1, 0.15) is 30.9 Å². The van der Waals surface area contributed by atoms with E-state index in [0.29, 0.717) is 12.5 Å². The second kappa shape index (κ2) is 4.72. The fraction of sp³-hybridized carbons (Fsp3) is 0.500. The van der Waals surface area contributed by atoms with Crippen LogP contribution in [-0.2, 0) is 16.6 Å². The van der Waals surface area contributed by atoms with Gasteiger partial charge in [0, 0.05) is 18.9 Å². The van der Waals surface area contributed by atoms with E-state index in [1.165, 1.54) is 0 Å². The molecule has 4 nitrogen and oxygen atoms in total. The van der Waals surface area contributed by atoms with Gasteiger partial charge in [0.1, 0.15) is 0 Å². The quantitative estimate of drug-likeness (QED) is 0.844. The predicted molar refractivity (Wildman–Crippen MR) is 60.0 cm³/mol. The molecule has 0 spiro atoms. The molecule has 0 bridgehead atoms. The average molecular weight is 228 g/mol.